The van der Waals surface area contributed by atoms with Gasteiger partial charge in [0.15, 0.2) is 0 Å². The largest absolute Gasteiger partial charge is 0.550 e. The van der Waals surface area contributed by atoms with Gasteiger partial charge in [0.05, 0.1) is 5.56 Å². The number of aliphatic carboxylic acids is 1. The van der Waals surface area contributed by atoms with Crippen molar-refractivity contribution in [2.45, 2.75) is 57.8 Å². The maximum Gasteiger partial charge on any atom is 0.251 e. The molecule has 3 N–H and O–H groups in total. The fraction of sp³-hybridized carbons (Fsp3) is 0.611. The normalized spacial score (nSPS) is 23.4. The maximum absolute atomic E-state index is 12.7. The number of primary amides is 1. The van der Waals surface area contributed by atoms with Crippen LogP contribution in [-0.4, -0.2) is 17.8 Å². The van der Waals surface area contributed by atoms with Gasteiger partial charge in [-0.2, -0.15) is 0 Å². The second kappa shape index (κ2) is 7.56. The van der Waals surface area contributed by atoms with Gasteiger partial charge in [-0.25, -0.2) is 0 Å². The van der Waals surface area contributed by atoms with Crippen LogP contribution in [0.4, 0.5) is 5.00 Å². The monoisotopic (exact) mass is 363 g/mol. The van der Waals surface area contributed by atoms with E-state index in [1.54, 1.807) is 0 Å². The van der Waals surface area contributed by atoms with E-state index in [0.717, 1.165) is 55.4 Å². The quantitative estimate of drug-likeness (QED) is 0.791. The zero-order valence-electron chi connectivity index (χ0n) is 14.1. The Morgan fingerprint density at radius 3 is 2.36 bits per heavy atom. The number of fused-ring (bicyclic) bond motifs is 1. The number of hydrogen-bond donors (Lipinski definition) is 2. The van der Waals surface area contributed by atoms with Crippen LogP contribution in [0.5, 0.6) is 0 Å². The van der Waals surface area contributed by atoms with Gasteiger partial charge in [0.25, 0.3) is 5.91 Å². The molecule has 0 bridgehead atoms. The Labute approximate surface area is 150 Å². The molecule has 3 rings (SSSR count). The van der Waals surface area contributed by atoms with Crippen molar-refractivity contribution in [3.63, 3.8) is 0 Å². The molecule has 1 aromatic heterocycles. The standard InChI is InChI=1S/C18H24N2O4S/c19-15(21)14-12-8-2-1-3-9-13(12)25-17(14)20-16(22)10-6-4-5-7-11(10)18(23)24/h10-11H,1-9H2,(H2,19,21)(H,20,22)(H,23,24)/p-1/t10-,11-/m0/s1. The van der Waals surface area contributed by atoms with Gasteiger partial charge >= 0.3 is 0 Å². The Bertz CT molecular complexity index is 697. The average molecular weight is 363 g/mol. The summed E-state index contributed by atoms with van der Waals surface area (Å²) in [6.45, 7) is 0. The molecule has 2 atom stereocenters. The first-order valence-electron chi connectivity index (χ1n) is 8.95. The van der Waals surface area contributed by atoms with E-state index in [9.17, 15) is 19.5 Å². The summed E-state index contributed by atoms with van der Waals surface area (Å²) in [5.74, 6) is -3.41. The Morgan fingerprint density at radius 2 is 1.68 bits per heavy atom. The highest BCUT2D eigenvalue weighted by atomic mass is 32.1. The highest BCUT2D eigenvalue weighted by Gasteiger charge is 2.33. The molecule has 6 nitrogen and oxygen atoms in total. The van der Waals surface area contributed by atoms with E-state index in [1.807, 2.05) is 0 Å². The molecule has 2 aliphatic rings. The van der Waals surface area contributed by atoms with Crippen LogP contribution < -0.4 is 16.2 Å². The minimum Gasteiger partial charge on any atom is -0.550 e. The number of carbonyl (C=O) groups is 3. The van der Waals surface area contributed by atoms with Crippen molar-refractivity contribution < 1.29 is 19.5 Å². The van der Waals surface area contributed by atoms with Crippen molar-refractivity contribution in [2.75, 3.05) is 5.32 Å². The zero-order valence-corrected chi connectivity index (χ0v) is 15.0. The van der Waals surface area contributed by atoms with Crippen LogP contribution in [0.15, 0.2) is 0 Å². The second-order valence-corrected chi connectivity index (χ2v) is 8.04. The number of hydrogen-bond acceptors (Lipinski definition) is 5. The third kappa shape index (κ3) is 3.71. The lowest BCUT2D eigenvalue weighted by Gasteiger charge is -2.31. The fourth-order valence-corrected chi connectivity index (χ4v) is 5.32. The lowest BCUT2D eigenvalue weighted by molar-refractivity contribution is -0.313. The average Bonchev–Trinajstić information content (AvgIpc) is 2.76. The van der Waals surface area contributed by atoms with Crippen LogP contribution >= 0.6 is 11.3 Å². The van der Waals surface area contributed by atoms with Gasteiger partial charge in [-0.05, 0) is 44.1 Å². The van der Waals surface area contributed by atoms with Gasteiger partial charge in [-0.15, -0.1) is 11.3 Å². The number of nitrogens with two attached hydrogens (primary N) is 1. The SMILES string of the molecule is NC(=O)c1c(NC(=O)[C@H]2CCCC[C@@H]2C(=O)[O-])sc2c1CCCCC2. The van der Waals surface area contributed by atoms with E-state index < -0.39 is 23.7 Å². The summed E-state index contributed by atoms with van der Waals surface area (Å²) in [4.78, 5) is 37.1. The minimum absolute atomic E-state index is 0.340. The first kappa shape index (κ1) is 17.9. The molecule has 25 heavy (non-hydrogen) atoms. The summed E-state index contributed by atoms with van der Waals surface area (Å²) >= 11 is 1.41. The molecule has 1 aromatic rings. The second-order valence-electron chi connectivity index (χ2n) is 6.94. The zero-order chi connectivity index (χ0) is 18.0. The molecule has 2 amide bonds. The van der Waals surface area contributed by atoms with Crippen LogP contribution in [0.3, 0.4) is 0 Å². The maximum atomic E-state index is 12.7. The van der Waals surface area contributed by atoms with Gasteiger partial charge in [0.1, 0.15) is 5.00 Å². The molecule has 2 aliphatic carbocycles. The molecule has 1 fully saturated rings. The van der Waals surface area contributed by atoms with Crippen LogP contribution in [0.25, 0.3) is 0 Å². The molecule has 0 radical (unpaired) electrons. The van der Waals surface area contributed by atoms with Crippen LogP contribution in [0.1, 0.15) is 65.7 Å². The number of anilines is 1. The van der Waals surface area contributed by atoms with Gasteiger partial charge in [0, 0.05) is 22.7 Å². The molecule has 0 unspecified atom stereocenters. The number of aryl methyl sites for hydroxylation is 1. The van der Waals surface area contributed by atoms with E-state index in [-0.39, 0.29) is 5.91 Å². The first-order chi connectivity index (χ1) is 12.0. The summed E-state index contributed by atoms with van der Waals surface area (Å²) < 4.78 is 0. The smallest absolute Gasteiger partial charge is 0.251 e. The van der Waals surface area contributed by atoms with E-state index in [4.69, 9.17) is 5.73 Å². The van der Waals surface area contributed by atoms with Crippen molar-refractivity contribution in [2.24, 2.45) is 17.6 Å². The van der Waals surface area contributed by atoms with E-state index in [1.165, 1.54) is 11.3 Å². The fourth-order valence-electron chi connectivity index (χ4n) is 4.02. The number of thiophene rings is 1. The van der Waals surface area contributed by atoms with Crippen molar-refractivity contribution in [1.29, 1.82) is 0 Å². The number of carbonyl (C=O) groups excluding carboxylic acids is 3. The van der Waals surface area contributed by atoms with Crippen molar-refractivity contribution in [3.8, 4) is 0 Å². The summed E-state index contributed by atoms with van der Waals surface area (Å²) in [7, 11) is 0. The topological polar surface area (TPSA) is 112 Å². The number of carboxylic acid groups (broad SMARTS) is 1. The molecule has 0 aliphatic heterocycles. The van der Waals surface area contributed by atoms with Crippen molar-refractivity contribution in [3.05, 3.63) is 16.0 Å². The number of nitrogens with one attached hydrogen (secondary N) is 1. The van der Waals surface area contributed by atoms with Gasteiger partial charge in [-0.3, -0.25) is 9.59 Å². The van der Waals surface area contributed by atoms with Crippen molar-refractivity contribution >= 4 is 34.1 Å². The third-order valence-corrected chi connectivity index (χ3v) is 6.52. The Hall–Kier alpha value is -1.89. The number of rotatable bonds is 4. The van der Waals surface area contributed by atoms with E-state index >= 15 is 0 Å². The highest BCUT2D eigenvalue weighted by Crippen LogP contribution is 2.38. The lowest BCUT2D eigenvalue weighted by atomic mass is 9.79. The first-order valence-corrected chi connectivity index (χ1v) is 9.76. The summed E-state index contributed by atoms with van der Waals surface area (Å²) in [6, 6.07) is 0. The predicted octanol–water partition coefficient (Wildman–Crippen LogP) is 1.61. The number of amides is 2. The molecule has 0 aromatic carbocycles. The summed E-state index contributed by atoms with van der Waals surface area (Å²) in [5, 5.41) is 14.6. The number of carboxylic acids is 1. The molecule has 0 saturated heterocycles. The van der Waals surface area contributed by atoms with E-state index in [2.05, 4.69) is 5.32 Å². The predicted molar refractivity (Wildman–Crippen MR) is 93.2 cm³/mol. The summed E-state index contributed by atoms with van der Waals surface area (Å²) in [6.07, 6.45) is 7.49. The van der Waals surface area contributed by atoms with Gasteiger partial charge < -0.3 is 21.0 Å². The van der Waals surface area contributed by atoms with Crippen molar-refractivity contribution in [1.82, 2.24) is 0 Å². The molecule has 1 saturated carbocycles. The molecule has 0 spiro atoms. The van der Waals surface area contributed by atoms with Crippen LogP contribution in [0.2, 0.25) is 0 Å². The Morgan fingerprint density at radius 1 is 1.00 bits per heavy atom. The Balaban J connectivity index is 1.85. The van der Waals surface area contributed by atoms with Crippen LogP contribution in [-0.2, 0) is 22.4 Å². The molecular formula is C18H23N2O4S-. The van der Waals surface area contributed by atoms with E-state index in [0.29, 0.717) is 23.4 Å². The Kier molecular flexibility index (Phi) is 5.42. The summed E-state index contributed by atoms with van der Waals surface area (Å²) in [5.41, 5.74) is 6.95. The highest BCUT2D eigenvalue weighted by molar-refractivity contribution is 7.17. The third-order valence-electron chi connectivity index (χ3n) is 5.31. The van der Waals surface area contributed by atoms with Gasteiger partial charge in [0.2, 0.25) is 5.91 Å². The lowest BCUT2D eigenvalue weighted by Crippen LogP contribution is -2.42. The molecule has 7 heteroatoms. The molecule has 1 heterocycles. The minimum atomic E-state index is -1.17. The van der Waals surface area contributed by atoms with Crippen LogP contribution in [0, 0.1) is 11.8 Å². The molecular weight excluding hydrogens is 340 g/mol. The molecule has 136 valence electrons. The van der Waals surface area contributed by atoms with Gasteiger partial charge in [-0.1, -0.05) is 19.3 Å².